The van der Waals surface area contributed by atoms with Gasteiger partial charge in [0.1, 0.15) is 17.8 Å². The predicted octanol–water partition coefficient (Wildman–Crippen LogP) is 4.01. The topological polar surface area (TPSA) is 114 Å². The number of nitrogens with one attached hydrogen (secondary N) is 2. The molecule has 0 atom stereocenters. The number of aromatic amines is 1. The first-order chi connectivity index (χ1) is 18.4. The van der Waals surface area contributed by atoms with E-state index in [1.54, 1.807) is 23.2 Å². The first kappa shape index (κ1) is 25.7. The zero-order valence-electron chi connectivity index (χ0n) is 21.0. The maximum atomic E-state index is 13.5. The van der Waals surface area contributed by atoms with Gasteiger partial charge >= 0.3 is 0 Å². The Kier molecular flexibility index (Phi) is 7.31. The highest BCUT2D eigenvalue weighted by atomic mass is 35.5. The molecule has 0 spiro atoms. The van der Waals surface area contributed by atoms with Crippen LogP contribution in [0.2, 0.25) is 5.02 Å². The van der Waals surface area contributed by atoms with Gasteiger partial charge < -0.3 is 25.2 Å². The molecule has 0 saturated carbocycles. The fourth-order valence-corrected chi connectivity index (χ4v) is 5.26. The summed E-state index contributed by atoms with van der Waals surface area (Å²) in [5, 5.41) is 15.5. The summed E-state index contributed by atoms with van der Waals surface area (Å²) in [6.45, 7) is 3.14. The van der Waals surface area contributed by atoms with Crippen molar-refractivity contribution in [2.75, 3.05) is 31.1 Å². The van der Waals surface area contributed by atoms with Crippen molar-refractivity contribution in [3.63, 3.8) is 0 Å². The maximum absolute atomic E-state index is 13.5. The molecule has 9 nitrogen and oxygen atoms in total. The molecular weight excluding hydrogens is 504 g/mol. The van der Waals surface area contributed by atoms with Crippen molar-refractivity contribution in [3.8, 4) is 0 Å². The Balaban J connectivity index is 1.38. The van der Waals surface area contributed by atoms with Gasteiger partial charge in [-0.05, 0) is 43.2 Å². The van der Waals surface area contributed by atoms with E-state index in [2.05, 4.69) is 20.3 Å². The third-order valence-corrected chi connectivity index (χ3v) is 7.29. The lowest BCUT2D eigenvalue weighted by Gasteiger charge is -2.39. The Bertz CT molecular complexity index is 1460. The average molecular weight is 533 g/mol. The van der Waals surface area contributed by atoms with Gasteiger partial charge in [-0.25, -0.2) is 9.97 Å². The number of aromatic nitrogens is 3. The van der Waals surface area contributed by atoms with Gasteiger partial charge in [0.2, 0.25) is 5.91 Å². The first-order valence-corrected chi connectivity index (χ1v) is 12.9. The highest BCUT2D eigenvalue weighted by molar-refractivity contribution is 6.31. The number of benzene rings is 2. The second kappa shape index (κ2) is 10.8. The molecule has 1 saturated heterocycles. The van der Waals surface area contributed by atoms with Crippen LogP contribution in [0.1, 0.15) is 35.7 Å². The minimum Gasteiger partial charge on any atom is -0.385 e. The molecule has 1 fully saturated rings. The summed E-state index contributed by atoms with van der Waals surface area (Å²) in [7, 11) is 0. The summed E-state index contributed by atoms with van der Waals surface area (Å²) in [6, 6.07) is 16.6. The molecule has 196 valence electrons. The van der Waals surface area contributed by atoms with Gasteiger partial charge in [-0.2, -0.15) is 0 Å². The lowest BCUT2D eigenvalue weighted by Crippen LogP contribution is -2.45. The highest BCUT2D eigenvalue weighted by Gasteiger charge is 2.37. The minimum absolute atomic E-state index is 0.107. The largest absolute Gasteiger partial charge is 0.385 e. The van der Waals surface area contributed by atoms with Crippen molar-refractivity contribution >= 4 is 46.0 Å². The van der Waals surface area contributed by atoms with Gasteiger partial charge in [0.05, 0.1) is 11.0 Å². The molecule has 2 aromatic carbocycles. The van der Waals surface area contributed by atoms with Gasteiger partial charge in [0, 0.05) is 61.1 Å². The van der Waals surface area contributed by atoms with E-state index in [0.29, 0.717) is 66.6 Å². The van der Waals surface area contributed by atoms with Crippen LogP contribution in [-0.2, 0) is 10.4 Å². The number of anilines is 2. The van der Waals surface area contributed by atoms with E-state index in [-0.39, 0.29) is 11.8 Å². The number of H-pyrrole nitrogens is 1. The Morgan fingerprint density at radius 2 is 1.92 bits per heavy atom. The normalized spacial score (nSPS) is 14.9. The van der Waals surface area contributed by atoms with Crippen molar-refractivity contribution in [2.24, 2.45) is 0 Å². The number of carbonyl (C=O) groups excluding carboxylic acids is 2. The number of fused-ring (bicyclic) bond motifs is 1. The third kappa shape index (κ3) is 5.20. The number of likely N-dealkylation sites (tertiary alicyclic amines) is 1. The standard InChI is InChI=1S/C28H29ClN6O3/c1-19(36)30-13-16-35(26-22-9-12-31-25(22)32-18-33-26)21-6-4-5-20(17-21)27(37)34-14-10-28(38,11-15-34)23-7-2-3-8-24(23)29/h2-9,12,17-18,38H,10-11,13-16H2,1H3,(H,30,36)(H,31,32,33). The van der Waals surface area contributed by atoms with Crippen LogP contribution in [0.5, 0.6) is 0 Å². The highest BCUT2D eigenvalue weighted by Crippen LogP contribution is 2.37. The first-order valence-electron chi connectivity index (χ1n) is 12.5. The zero-order chi connectivity index (χ0) is 26.7. The van der Waals surface area contributed by atoms with Crippen LogP contribution >= 0.6 is 11.6 Å². The molecule has 0 aliphatic carbocycles. The Morgan fingerprint density at radius 1 is 1.13 bits per heavy atom. The SMILES string of the molecule is CC(=O)NCCN(c1cccc(C(=O)N2CCC(O)(c3ccccc3Cl)CC2)c1)c1ncnc2[nH]ccc12. The molecule has 1 aliphatic rings. The van der Waals surface area contributed by atoms with E-state index in [1.165, 1.54) is 13.3 Å². The van der Waals surface area contributed by atoms with Crippen molar-refractivity contribution in [2.45, 2.75) is 25.4 Å². The Labute approximate surface area is 225 Å². The van der Waals surface area contributed by atoms with Gasteiger partial charge in [-0.3, -0.25) is 9.59 Å². The number of carbonyl (C=O) groups is 2. The fourth-order valence-electron chi connectivity index (χ4n) is 4.95. The van der Waals surface area contributed by atoms with Crippen molar-refractivity contribution in [1.29, 1.82) is 0 Å². The lowest BCUT2D eigenvalue weighted by atomic mass is 9.84. The summed E-state index contributed by atoms with van der Waals surface area (Å²) in [5.41, 5.74) is 1.64. The molecule has 4 aromatic rings. The van der Waals surface area contributed by atoms with Crippen LogP contribution < -0.4 is 10.2 Å². The van der Waals surface area contributed by atoms with Crippen LogP contribution in [0.4, 0.5) is 11.5 Å². The van der Waals surface area contributed by atoms with E-state index in [9.17, 15) is 14.7 Å². The van der Waals surface area contributed by atoms with Crippen molar-refractivity contribution in [3.05, 3.63) is 83.3 Å². The Hall–Kier alpha value is -3.95. The van der Waals surface area contributed by atoms with E-state index in [1.807, 2.05) is 47.4 Å². The van der Waals surface area contributed by atoms with Crippen LogP contribution in [-0.4, -0.2) is 63.0 Å². The molecule has 38 heavy (non-hydrogen) atoms. The second-order valence-electron chi connectivity index (χ2n) is 9.43. The minimum atomic E-state index is -1.06. The predicted molar refractivity (Wildman–Crippen MR) is 147 cm³/mol. The van der Waals surface area contributed by atoms with Crippen LogP contribution in [0.15, 0.2) is 67.1 Å². The van der Waals surface area contributed by atoms with Gasteiger partial charge in [-0.15, -0.1) is 0 Å². The molecule has 0 bridgehead atoms. The second-order valence-corrected chi connectivity index (χ2v) is 9.83. The van der Waals surface area contributed by atoms with Crippen molar-refractivity contribution < 1.29 is 14.7 Å². The lowest BCUT2D eigenvalue weighted by molar-refractivity contribution is -0.118. The number of halogens is 1. The number of piperidine rings is 1. The summed E-state index contributed by atoms with van der Waals surface area (Å²) in [6.07, 6.45) is 4.09. The summed E-state index contributed by atoms with van der Waals surface area (Å²) in [5.74, 6) is 0.448. The van der Waals surface area contributed by atoms with Crippen LogP contribution in [0.25, 0.3) is 11.0 Å². The molecule has 1 aliphatic heterocycles. The number of rotatable bonds is 7. The van der Waals surface area contributed by atoms with Crippen molar-refractivity contribution in [1.82, 2.24) is 25.2 Å². The van der Waals surface area contributed by atoms with E-state index >= 15 is 0 Å². The fraction of sp³-hybridized carbons (Fsp3) is 0.286. The third-order valence-electron chi connectivity index (χ3n) is 6.96. The molecule has 2 amide bonds. The quantitative estimate of drug-likeness (QED) is 0.331. The number of nitrogens with zero attached hydrogens (tertiary/aromatic N) is 4. The van der Waals surface area contributed by atoms with Gasteiger partial charge in [0.15, 0.2) is 0 Å². The molecule has 2 aromatic heterocycles. The molecule has 5 rings (SSSR count). The van der Waals surface area contributed by atoms with Crippen LogP contribution in [0.3, 0.4) is 0 Å². The summed E-state index contributed by atoms with van der Waals surface area (Å²) >= 11 is 6.34. The van der Waals surface area contributed by atoms with Gasteiger partial charge in [0.25, 0.3) is 5.91 Å². The van der Waals surface area contributed by atoms with E-state index in [0.717, 1.165) is 11.1 Å². The summed E-state index contributed by atoms with van der Waals surface area (Å²) < 4.78 is 0. The molecule has 3 heterocycles. The zero-order valence-corrected chi connectivity index (χ0v) is 21.8. The molecule has 0 unspecified atom stereocenters. The number of hydrogen-bond acceptors (Lipinski definition) is 6. The summed E-state index contributed by atoms with van der Waals surface area (Å²) in [4.78, 5) is 40.6. The van der Waals surface area contributed by atoms with Gasteiger partial charge in [-0.1, -0.05) is 35.9 Å². The number of amides is 2. The Morgan fingerprint density at radius 3 is 2.68 bits per heavy atom. The smallest absolute Gasteiger partial charge is 0.253 e. The number of aliphatic hydroxyl groups is 1. The molecule has 3 N–H and O–H groups in total. The molecule has 0 radical (unpaired) electrons. The van der Waals surface area contributed by atoms with E-state index in [4.69, 9.17) is 11.6 Å². The number of hydrogen-bond donors (Lipinski definition) is 3. The van der Waals surface area contributed by atoms with Crippen LogP contribution in [0, 0.1) is 0 Å². The monoisotopic (exact) mass is 532 g/mol. The van der Waals surface area contributed by atoms with E-state index < -0.39 is 5.60 Å². The average Bonchev–Trinajstić information content (AvgIpc) is 3.41. The maximum Gasteiger partial charge on any atom is 0.253 e. The molecule has 10 heteroatoms. The molecular formula is C28H29ClN6O3.